The molecule has 2 rings (SSSR count). The van der Waals surface area contributed by atoms with Crippen LogP contribution in [0.1, 0.15) is 57.4 Å². The second-order valence-corrected chi connectivity index (χ2v) is 6.21. The summed E-state index contributed by atoms with van der Waals surface area (Å²) in [4.78, 5) is 23.1. The Morgan fingerprint density at radius 3 is 2.32 bits per heavy atom. The Balaban J connectivity index is 1.72. The quantitative estimate of drug-likeness (QED) is 0.407. The number of benzene rings is 1. The third-order valence-corrected chi connectivity index (χ3v) is 4.05. The number of nitrogens with one attached hydrogen (secondary N) is 1. The molecule has 1 saturated carbocycles. The van der Waals surface area contributed by atoms with Crippen LogP contribution in [-0.4, -0.2) is 31.5 Å². The Morgan fingerprint density at radius 2 is 1.68 bits per heavy atom. The summed E-state index contributed by atoms with van der Waals surface area (Å²) in [6, 6.07) is 7.41. The summed E-state index contributed by atoms with van der Waals surface area (Å²) < 4.78 is 15.2. The molecule has 0 aromatic heterocycles. The van der Waals surface area contributed by atoms with E-state index in [0.29, 0.717) is 19.0 Å². The van der Waals surface area contributed by atoms with E-state index in [2.05, 4.69) is 12.2 Å². The minimum absolute atomic E-state index is 0.111. The first-order chi connectivity index (χ1) is 12.1. The molecule has 0 radical (unpaired) electrons. The van der Waals surface area contributed by atoms with Gasteiger partial charge < -0.3 is 19.5 Å². The maximum atomic E-state index is 11.6. The Kier molecular flexibility index (Phi) is 7.57. The molecule has 1 aliphatic rings. The van der Waals surface area contributed by atoms with Crippen LogP contribution >= 0.6 is 0 Å². The van der Waals surface area contributed by atoms with Gasteiger partial charge in [0.05, 0.1) is 13.2 Å². The second-order valence-electron chi connectivity index (χ2n) is 6.21. The molecular formula is C19H27NO5. The molecule has 0 aliphatic heterocycles. The predicted molar refractivity (Wildman–Crippen MR) is 93.9 cm³/mol. The van der Waals surface area contributed by atoms with Gasteiger partial charge in [-0.05, 0) is 37.0 Å². The topological polar surface area (TPSA) is 73.9 Å². The standard InChI is InChI=1S/C19H27NO5/c1-3-5-11-23-18(21)20-17-13-16(17)14-7-9-15(10-8-14)25-19(22)24-12-6-4-2/h7-10,16-17H,3-6,11-13H2,1-2H3,(H,20,21)/t16-,17+/m0/s1. The molecule has 0 unspecified atom stereocenters. The molecule has 1 aromatic rings. The highest BCUT2D eigenvalue weighted by atomic mass is 16.7. The zero-order valence-corrected chi connectivity index (χ0v) is 15.0. The van der Waals surface area contributed by atoms with Crippen molar-refractivity contribution in [3.8, 4) is 5.75 Å². The molecule has 6 nitrogen and oxygen atoms in total. The van der Waals surface area contributed by atoms with E-state index in [1.165, 1.54) is 0 Å². The van der Waals surface area contributed by atoms with Gasteiger partial charge in [-0.3, -0.25) is 0 Å². The number of carbonyl (C=O) groups is 2. The number of hydrogen-bond donors (Lipinski definition) is 1. The molecule has 1 aromatic carbocycles. The Morgan fingerprint density at radius 1 is 1.04 bits per heavy atom. The van der Waals surface area contributed by atoms with Gasteiger partial charge in [0.25, 0.3) is 0 Å². The monoisotopic (exact) mass is 349 g/mol. The highest BCUT2D eigenvalue weighted by Gasteiger charge is 2.39. The van der Waals surface area contributed by atoms with Gasteiger partial charge in [0, 0.05) is 12.0 Å². The van der Waals surface area contributed by atoms with Crippen molar-refractivity contribution in [3.63, 3.8) is 0 Å². The van der Waals surface area contributed by atoms with Gasteiger partial charge in [-0.1, -0.05) is 38.8 Å². The highest BCUT2D eigenvalue weighted by molar-refractivity contribution is 5.68. The third kappa shape index (κ3) is 6.64. The minimum atomic E-state index is -0.679. The molecule has 6 heteroatoms. The summed E-state index contributed by atoms with van der Waals surface area (Å²) in [5.41, 5.74) is 1.10. The lowest BCUT2D eigenvalue weighted by molar-refractivity contribution is 0.0978. The van der Waals surface area contributed by atoms with E-state index in [9.17, 15) is 9.59 Å². The number of ether oxygens (including phenoxy) is 3. The van der Waals surface area contributed by atoms with Crippen molar-refractivity contribution in [2.45, 2.75) is 57.9 Å². The number of carbonyl (C=O) groups excluding carboxylic acids is 2. The molecule has 1 N–H and O–H groups in total. The second kappa shape index (κ2) is 9.91. The first kappa shape index (κ1) is 19.1. The summed E-state index contributed by atoms with van der Waals surface area (Å²) in [7, 11) is 0. The van der Waals surface area contributed by atoms with Crippen LogP contribution in [0.2, 0.25) is 0 Å². The Hall–Kier alpha value is -2.24. The van der Waals surface area contributed by atoms with Gasteiger partial charge in [-0.15, -0.1) is 0 Å². The van der Waals surface area contributed by atoms with Crippen LogP contribution in [-0.2, 0) is 9.47 Å². The van der Waals surface area contributed by atoms with Crippen molar-refractivity contribution in [3.05, 3.63) is 29.8 Å². The van der Waals surface area contributed by atoms with Crippen LogP contribution in [0.5, 0.6) is 5.75 Å². The van der Waals surface area contributed by atoms with Crippen molar-refractivity contribution in [2.24, 2.45) is 0 Å². The van der Waals surface area contributed by atoms with Gasteiger partial charge in [0.15, 0.2) is 0 Å². The molecule has 1 amide bonds. The fourth-order valence-corrected chi connectivity index (χ4v) is 2.43. The molecule has 0 saturated heterocycles. The van der Waals surface area contributed by atoms with Crippen molar-refractivity contribution >= 4 is 12.2 Å². The van der Waals surface area contributed by atoms with Crippen molar-refractivity contribution < 1.29 is 23.8 Å². The molecular weight excluding hydrogens is 322 g/mol. The molecule has 2 atom stereocenters. The van der Waals surface area contributed by atoms with Gasteiger partial charge in [-0.2, -0.15) is 0 Å². The number of amides is 1. The van der Waals surface area contributed by atoms with Gasteiger partial charge in [0.1, 0.15) is 5.75 Å². The van der Waals surface area contributed by atoms with E-state index in [4.69, 9.17) is 14.2 Å². The van der Waals surface area contributed by atoms with Crippen LogP contribution in [0, 0.1) is 0 Å². The minimum Gasteiger partial charge on any atom is -0.450 e. The highest BCUT2D eigenvalue weighted by Crippen LogP contribution is 2.41. The zero-order chi connectivity index (χ0) is 18.1. The van der Waals surface area contributed by atoms with E-state index >= 15 is 0 Å². The third-order valence-electron chi connectivity index (χ3n) is 4.05. The van der Waals surface area contributed by atoms with Crippen molar-refractivity contribution in [1.29, 1.82) is 0 Å². The fraction of sp³-hybridized carbons (Fsp3) is 0.579. The molecule has 0 bridgehead atoms. The molecule has 0 spiro atoms. The van der Waals surface area contributed by atoms with Crippen LogP contribution in [0.25, 0.3) is 0 Å². The first-order valence-electron chi connectivity index (χ1n) is 9.01. The SMILES string of the molecule is CCCCOC(=O)N[C@@H]1C[C@H]1c1ccc(OC(=O)OCCCC)cc1. The van der Waals surface area contributed by atoms with E-state index in [-0.39, 0.29) is 18.1 Å². The average Bonchev–Trinajstić information content (AvgIpc) is 3.35. The van der Waals surface area contributed by atoms with Crippen LogP contribution in [0.15, 0.2) is 24.3 Å². The first-order valence-corrected chi connectivity index (χ1v) is 9.01. The van der Waals surface area contributed by atoms with Crippen molar-refractivity contribution in [2.75, 3.05) is 13.2 Å². The number of rotatable bonds is 9. The van der Waals surface area contributed by atoms with Crippen molar-refractivity contribution in [1.82, 2.24) is 5.32 Å². The van der Waals surface area contributed by atoms with Gasteiger partial charge in [0.2, 0.25) is 0 Å². The lowest BCUT2D eigenvalue weighted by Crippen LogP contribution is -2.27. The molecule has 1 fully saturated rings. The number of hydrogen-bond acceptors (Lipinski definition) is 5. The maximum Gasteiger partial charge on any atom is 0.513 e. The largest absolute Gasteiger partial charge is 0.513 e. The van der Waals surface area contributed by atoms with Crippen LogP contribution in [0.3, 0.4) is 0 Å². The normalized spacial score (nSPS) is 18.3. The lowest BCUT2D eigenvalue weighted by Gasteiger charge is -2.07. The van der Waals surface area contributed by atoms with Crippen LogP contribution < -0.4 is 10.1 Å². The predicted octanol–water partition coefficient (Wildman–Crippen LogP) is 4.38. The zero-order valence-electron chi connectivity index (χ0n) is 15.0. The summed E-state index contributed by atoms with van der Waals surface area (Å²) in [5.74, 6) is 0.735. The molecule has 25 heavy (non-hydrogen) atoms. The average molecular weight is 349 g/mol. The molecule has 1 aliphatic carbocycles. The summed E-state index contributed by atoms with van der Waals surface area (Å²) in [6.45, 7) is 4.91. The van der Waals surface area contributed by atoms with Crippen LogP contribution in [0.4, 0.5) is 9.59 Å². The van der Waals surface area contributed by atoms with E-state index < -0.39 is 6.16 Å². The Bertz CT molecular complexity index is 557. The van der Waals surface area contributed by atoms with E-state index in [0.717, 1.165) is 37.7 Å². The van der Waals surface area contributed by atoms with Gasteiger partial charge >= 0.3 is 12.2 Å². The van der Waals surface area contributed by atoms with E-state index in [1.807, 2.05) is 19.1 Å². The number of unbranched alkanes of at least 4 members (excludes halogenated alkanes) is 2. The lowest BCUT2D eigenvalue weighted by atomic mass is 10.1. The Labute approximate surface area is 148 Å². The van der Waals surface area contributed by atoms with E-state index in [1.54, 1.807) is 12.1 Å². The summed E-state index contributed by atoms with van der Waals surface area (Å²) >= 11 is 0. The summed E-state index contributed by atoms with van der Waals surface area (Å²) in [6.07, 6.45) is 3.53. The maximum absolute atomic E-state index is 11.6. The number of alkyl carbamates (subject to hydrolysis) is 1. The van der Waals surface area contributed by atoms with Gasteiger partial charge in [-0.25, -0.2) is 9.59 Å². The molecule has 0 heterocycles. The smallest absolute Gasteiger partial charge is 0.450 e. The fourth-order valence-electron chi connectivity index (χ4n) is 2.43. The summed E-state index contributed by atoms with van der Waals surface area (Å²) in [5, 5.41) is 2.87. The molecule has 138 valence electrons.